The number of carboxylic acids is 2. The second-order valence-corrected chi connectivity index (χ2v) is 8.63. The van der Waals surface area contributed by atoms with E-state index in [4.69, 9.17) is 0 Å². The van der Waals surface area contributed by atoms with E-state index in [-0.39, 0.29) is 11.8 Å². The lowest BCUT2D eigenvalue weighted by Crippen LogP contribution is -2.44. The van der Waals surface area contributed by atoms with Crippen LogP contribution in [-0.4, -0.2) is 36.8 Å². The first-order chi connectivity index (χ1) is 14.4. The van der Waals surface area contributed by atoms with E-state index >= 15 is 0 Å². The fourth-order valence-electron chi connectivity index (χ4n) is 4.74. The third kappa shape index (κ3) is 7.29. The van der Waals surface area contributed by atoms with Crippen molar-refractivity contribution in [2.75, 3.05) is 13.1 Å². The van der Waals surface area contributed by atoms with Crippen molar-refractivity contribution in [3.8, 4) is 0 Å². The molecular weight excluding hydrogens is 388 g/mol. The predicted octanol–water partition coefficient (Wildman–Crippen LogP) is -0.108. The van der Waals surface area contributed by atoms with Gasteiger partial charge in [0.2, 0.25) is 11.8 Å². The van der Waals surface area contributed by atoms with Crippen LogP contribution in [0.5, 0.6) is 0 Å². The van der Waals surface area contributed by atoms with Gasteiger partial charge >= 0.3 is 0 Å². The van der Waals surface area contributed by atoms with Gasteiger partial charge in [-0.05, 0) is 38.5 Å². The van der Waals surface area contributed by atoms with E-state index in [2.05, 4.69) is 10.6 Å². The Bertz CT molecular complexity index is 556. The van der Waals surface area contributed by atoms with Gasteiger partial charge in [0.15, 0.2) is 0 Å². The van der Waals surface area contributed by atoms with Gasteiger partial charge in [0.25, 0.3) is 0 Å². The molecule has 2 fully saturated rings. The molecule has 170 valence electrons. The second kappa shape index (κ2) is 12.5. The van der Waals surface area contributed by atoms with Crippen LogP contribution in [0.1, 0.15) is 77.0 Å². The summed E-state index contributed by atoms with van der Waals surface area (Å²) < 4.78 is 0. The van der Waals surface area contributed by atoms with Gasteiger partial charge in [0, 0.05) is 48.7 Å². The maximum absolute atomic E-state index is 12.3. The lowest BCUT2D eigenvalue weighted by Gasteiger charge is -2.31. The van der Waals surface area contributed by atoms with E-state index in [0.717, 1.165) is 51.4 Å². The topological polar surface area (TPSA) is 138 Å². The normalized spacial score (nSPS) is 26.5. The van der Waals surface area contributed by atoms with Crippen LogP contribution in [0.4, 0.5) is 0 Å². The van der Waals surface area contributed by atoms with E-state index in [1.165, 1.54) is 0 Å². The molecule has 2 aliphatic rings. The zero-order chi connectivity index (χ0) is 21.9. The quantitative estimate of drug-likeness (QED) is 0.446. The Balaban J connectivity index is 1.54. The summed E-state index contributed by atoms with van der Waals surface area (Å²) in [6.07, 6.45) is 8.97. The van der Waals surface area contributed by atoms with E-state index in [9.17, 15) is 29.4 Å². The van der Waals surface area contributed by atoms with Crippen molar-refractivity contribution in [3.05, 3.63) is 0 Å². The molecule has 0 aromatic carbocycles. The Morgan fingerprint density at radius 3 is 1.23 bits per heavy atom. The molecule has 0 spiro atoms. The van der Waals surface area contributed by atoms with Crippen molar-refractivity contribution < 1.29 is 29.4 Å². The van der Waals surface area contributed by atoms with Crippen LogP contribution in [-0.2, 0) is 19.2 Å². The molecule has 8 nitrogen and oxygen atoms in total. The van der Waals surface area contributed by atoms with Crippen LogP contribution in [0.25, 0.3) is 0 Å². The number of hydrogen-bond donors (Lipinski definition) is 2. The molecule has 2 amide bonds. The fraction of sp³-hybridized carbons (Fsp3) is 0.818. The maximum atomic E-state index is 12.3. The number of aliphatic carboxylic acids is 2. The van der Waals surface area contributed by atoms with Gasteiger partial charge in [-0.2, -0.15) is 0 Å². The monoisotopic (exact) mass is 422 g/mol. The largest absolute Gasteiger partial charge is 0.550 e. The summed E-state index contributed by atoms with van der Waals surface area (Å²) in [7, 11) is 0. The van der Waals surface area contributed by atoms with E-state index in [1.54, 1.807) is 0 Å². The summed E-state index contributed by atoms with van der Waals surface area (Å²) >= 11 is 0. The van der Waals surface area contributed by atoms with Gasteiger partial charge < -0.3 is 30.4 Å². The summed E-state index contributed by atoms with van der Waals surface area (Å²) in [5.74, 6) is -4.96. The van der Waals surface area contributed by atoms with Crippen molar-refractivity contribution >= 4 is 23.8 Å². The molecule has 0 radical (unpaired) electrons. The third-order valence-electron chi connectivity index (χ3n) is 6.51. The second-order valence-electron chi connectivity index (χ2n) is 8.63. The molecule has 4 atom stereocenters. The molecule has 0 bridgehead atoms. The minimum atomic E-state index is -1.13. The zero-order valence-electron chi connectivity index (χ0n) is 17.7. The number of amides is 2. The van der Waals surface area contributed by atoms with Gasteiger partial charge in [0.1, 0.15) is 0 Å². The standard InChI is InChI=1S/C22H36N2O6/c25-19(15-9-3-5-11-17(15)21(27)28)23-13-7-1-2-8-14-24-20(26)16-10-4-6-12-18(16)22(29)30/h15-18H,1-14H2,(H,23,25)(H,24,26)(H,27,28)(H,29,30)/p-2/t15-,16+,17-,18-/m0/s1. The molecular formula is C22H34N2O6-2. The number of rotatable bonds is 11. The molecule has 2 saturated carbocycles. The molecule has 2 rings (SSSR count). The average molecular weight is 423 g/mol. The van der Waals surface area contributed by atoms with Crippen LogP contribution in [0.3, 0.4) is 0 Å². The first-order valence-electron chi connectivity index (χ1n) is 11.4. The van der Waals surface area contributed by atoms with Crippen molar-refractivity contribution in [2.45, 2.75) is 77.0 Å². The number of carbonyl (C=O) groups excluding carboxylic acids is 4. The van der Waals surface area contributed by atoms with Gasteiger partial charge in [-0.15, -0.1) is 0 Å². The zero-order valence-corrected chi connectivity index (χ0v) is 17.7. The smallest absolute Gasteiger partial charge is 0.223 e. The van der Waals surface area contributed by atoms with Crippen LogP contribution < -0.4 is 20.8 Å². The number of nitrogens with one attached hydrogen (secondary N) is 2. The Kier molecular flexibility index (Phi) is 10.1. The molecule has 8 heteroatoms. The van der Waals surface area contributed by atoms with Crippen LogP contribution in [0, 0.1) is 23.7 Å². The van der Waals surface area contributed by atoms with E-state index < -0.39 is 35.6 Å². The fourth-order valence-corrected chi connectivity index (χ4v) is 4.74. The molecule has 0 aromatic rings. The van der Waals surface area contributed by atoms with Crippen molar-refractivity contribution in [1.29, 1.82) is 0 Å². The Morgan fingerprint density at radius 2 is 0.900 bits per heavy atom. The first kappa shape index (κ1) is 24.2. The molecule has 0 unspecified atom stereocenters. The predicted molar refractivity (Wildman–Crippen MR) is 105 cm³/mol. The summed E-state index contributed by atoms with van der Waals surface area (Å²) in [6.45, 7) is 1.02. The van der Waals surface area contributed by atoms with Gasteiger partial charge in [0.05, 0.1) is 0 Å². The summed E-state index contributed by atoms with van der Waals surface area (Å²) in [5.41, 5.74) is 0. The number of carbonyl (C=O) groups is 4. The Hall–Kier alpha value is -2.12. The molecule has 0 heterocycles. The van der Waals surface area contributed by atoms with Gasteiger partial charge in [-0.3, -0.25) is 9.59 Å². The summed E-state index contributed by atoms with van der Waals surface area (Å²) in [5, 5.41) is 28.1. The van der Waals surface area contributed by atoms with E-state index in [0.29, 0.717) is 38.8 Å². The van der Waals surface area contributed by atoms with Crippen molar-refractivity contribution in [2.24, 2.45) is 23.7 Å². The molecule has 0 aromatic heterocycles. The molecule has 2 aliphatic carbocycles. The molecule has 0 aliphatic heterocycles. The third-order valence-corrected chi connectivity index (χ3v) is 6.51. The molecule has 30 heavy (non-hydrogen) atoms. The average Bonchev–Trinajstić information content (AvgIpc) is 2.75. The van der Waals surface area contributed by atoms with Crippen LogP contribution >= 0.6 is 0 Å². The van der Waals surface area contributed by atoms with Gasteiger partial charge in [-0.25, -0.2) is 0 Å². The highest BCUT2D eigenvalue weighted by Crippen LogP contribution is 2.30. The summed E-state index contributed by atoms with van der Waals surface area (Å²) in [6, 6.07) is 0. The lowest BCUT2D eigenvalue weighted by molar-refractivity contribution is -0.315. The minimum absolute atomic E-state index is 0.189. The first-order valence-corrected chi connectivity index (χ1v) is 11.4. The highest BCUT2D eigenvalue weighted by Gasteiger charge is 2.32. The highest BCUT2D eigenvalue weighted by atomic mass is 16.4. The summed E-state index contributed by atoms with van der Waals surface area (Å²) in [4.78, 5) is 46.9. The Labute approximate surface area is 178 Å². The highest BCUT2D eigenvalue weighted by molar-refractivity contribution is 5.84. The maximum Gasteiger partial charge on any atom is 0.223 e. The Morgan fingerprint density at radius 1 is 0.567 bits per heavy atom. The number of hydrogen-bond acceptors (Lipinski definition) is 6. The van der Waals surface area contributed by atoms with Crippen LogP contribution in [0.15, 0.2) is 0 Å². The van der Waals surface area contributed by atoms with Crippen molar-refractivity contribution in [1.82, 2.24) is 10.6 Å². The van der Waals surface area contributed by atoms with Crippen molar-refractivity contribution in [3.63, 3.8) is 0 Å². The van der Waals surface area contributed by atoms with Crippen LogP contribution in [0.2, 0.25) is 0 Å². The van der Waals surface area contributed by atoms with Gasteiger partial charge in [-0.1, -0.05) is 38.5 Å². The number of carboxylic acid groups (broad SMARTS) is 2. The molecule has 0 saturated heterocycles. The SMILES string of the molecule is O=C([O-])[C@H]1CCCC[C@@H]1C(=O)NCCCCCCNC(=O)[C@@H]1CCCC[C@@H]1C(=O)[O-]. The van der Waals surface area contributed by atoms with E-state index in [1.807, 2.05) is 0 Å². The minimum Gasteiger partial charge on any atom is -0.550 e. The molecule has 2 N–H and O–H groups in total. The lowest BCUT2D eigenvalue weighted by atomic mass is 9.78. The number of unbranched alkanes of at least 4 members (excludes halogenated alkanes) is 3.